The molecule has 2 atom stereocenters. The Morgan fingerprint density at radius 3 is 2.21 bits per heavy atom. The Kier molecular flexibility index (Phi) is 6.41. The third-order valence-corrected chi connectivity index (χ3v) is 5.15. The second kappa shape index (κ2) is 8.79. The predicted octanol–water partition coefficient (Wildman–Crippen LogP) is 1.52. The number of aryl methyl sites for hydroxylation is 1. The molecule has 28 heavy (non-hydrogen) atoms. The molecule has 0 aromatic heterocycles. The summed E-state index contributed by atoms with van der Waals surface area (Å²) < 4.78 is 11.6. The molecule has 5 N–H and O–H groups in total. The van der Waals surface area contributed by atoms with E-state index in [0.717, 1.165) is 11.1 Å². The highest BCUT2D eigenvalue weighted by Crippen LogP contribution is 2.51. The van der Waals surface area contributed by atoms with Crippen LogP contribution in [0, 0.1) is 0 Å². The molecule has 0 bridgehead atoms. The van der Waals surface area contributed by atoms with Crippen molar-refractivity contribution >= 4 is 0 Å². The Bertz CT molecular complexity index is 809. The number of hydrogen-bond donors (Lipinski definition) is 5. The first-order valence-electron chi connectivity index (χ1n) is 9.23. The van der Waals surface area contributed by atoms with E-state index >= 15 is 0 Å². The summed E-state index contributed by atoms with van der Waals surface area (Å²) in [7, 11) is 1.55. The summed E-state index contributed by atoms with van der Waals surface area (Å²) in [6, 6.07) is 7.05. The fraction of sp³-hybridized carbons (Fsp3) is 0.429. The monoisotopic (exact) mass is 390 g/mol. The van der Waals surface area contributed by atoms with Gasteiger partial charge in [-0.1, -0.05) is 6.07 Å². The van der Waals surface area contributed by atoms with E-state index in [0.29, 0.717) is 29.9 Å². The van der Waals surface area contributed by atoms with Gasteiger partial charge in [0.25, 0.3) is 0 Å². The highest BCUT2D eigenvalue weighted by molar-refractivity contribution is 5.56. The molecule has 0 spiro atoms. The minimum absolute atomic E-state index is 0.0866. The van der Waals surface area contributed by atoms with Crippen LogP contribution in [0.1, 0.15) is 46.3 Å². The first-order chi connectivity index (χ1) is 13.6. The molecule has 7 heteroatoms. The lowest BCUT2D eigenvalue weighted by molar-refractivity contribution is 0.156. The van der Waals surface area contributed by atoms with Gasteiger partial charge in [-0.2, -0.15) is 0 Å². The fourth-order valence-electron chi connectivity index (χ4n) is 3.72. The van der Waals surface area contributed by atoms with Crippen LogP contribution in [0.5, 0.6) is 17.2 Å². The van der Waals surface area contributed by atoms with Gasteiger partial charge >= 0.3 is 0 Å². The summed E-state index contributed by atoms with van der Waals surface area (Å²) in [6.45, 7) is -0.854. The summed E-state index contributed by atoms with van der Waals surface area (Å²) in [6.07, 6.45) is 0.734. The van der Waals surface area contributed by atoms with Gasteiger partial charge in [-0.3, -0.25) is 0 Å². The van der Waals surface area contributed by atoms with Crippen molar-refractivity contribution in [2.24, 2.45) is 0 Å². The number of rotatable bonds is 8. The first-order valence-corrected chi connectivity index (χ1v) is 9.23. The lowest BCUT2D eigenvalue weighted by atomic mass is 9.88. The summed E-state index contributed by atoms with van der Waals surface area (Å²) in [5.74, 6) is 0.577. The van der Waals surface area contributed by atoms with Gasteiger partial charge in [0.05, 0.1) is 32.8 Å². The Hall–Kier alpha value is -2.32. The van der Waals surface area contributed by atoms with Crippen molar-refractivity contribution < 1.29 is 35.0 Å². The highest BCUT2D eigenvalue weighted by atomic mass is 16.5. The van der Waals surface area contributed by atoms with Gasteiger partial charge in [-0.15, -0.1) is 0 Å². The van der Waals surface area contributed by atoms with E-state index in [1.807, 2.05) is 12.1 Å². The summed E-state index contributed by atoms with van der Waals surface area (Å²) >= 11 is 0. The Balaban J connectivity index is 2.05. The molecule has 2 aromatic rings. The van der Waals surface area contributed by atoms with E-state index in [1.165, 1.54) is 0 Å². The molecule has 1 heterocycles. The number of ether oxygens (including phenoxy) is 2. The predicted molar refractivity (Wildman–Crippen MR) is 102 cm³/mol. The second-order valence-corrected chi connectivity index (χ2v) is 6.88. The minimum Gasteiger partial charge on any atom is -0.507 e. The molecule has 152 valence electrons. The molecule has 1 aliphatic heterocycles. The van der Waals surface area contributed by atoms with E-state index in [2.05, 4.69) is 0 Å². The molecular weight excluding hydrogens is 364 g/mol. The SMILES string of the molecule is COc1cc(CCCO)cc2c1O[C@H](c1cc(CO)c(O)c(CO)c1)C2CO. The minimum atomic E-state index is -0.557. The maximum atomic E-state index is 10.1. The summed E-state index contributed by atoms with van der Waals surface area (Å²) in [5, 5.41) is 48.3. The number of fused-ring (bicyclic) bond motifs is 1. The zero-order chi connectivity index (χ0) is 20.3. The maximum absolute atomic E-state index is 10.1. The smallest absolute Gasteiger partial charge is 0.165 e. The molecule has 2 aromatic carbocycles. The highest BCUT2D eigenvalue weighted by Gasteiger charge is 2.38. The molecule has 0 aliphatic carbocycles. The van der Waals surface area contributed by atoms with Crippen molar-refractivity contribution in [1.29, 1.82) is 0 Å². The van der Waals surface area contributed by atoms with Gasteiger partial charge in [-0.05, 0) is 42.2 Å². The van der Waals surface area contributed by atoms with Gasteiger partial charge < -0.3 is 35.0 Å². The number of methoxy groups -OCH3 is 1. The molecule has 7 nitrogen and oxygen atoms in total. The van der Waals surface area contributed by atoms with Gasteiger partial charge in [0.1, 0.15) is 11.9 Å². The fourth-order valence-corrected chi connectivity index (χ4v) is 3.72. The van der Waals surface area contributed by atoms with Gasteiger partial charge in [0.15, 0.2) is 11.5 Å². The molecular formula is C21H26O7. The number of aliphatic hydroxyl groups is 4. The van der Waals surface area contributed by atoms with Gasteiger partial charge in [-0.25, -0.2) is 0 Å². The van der Waals surface area contributed by atoms with Crippen LogP contribution in [0.25, 0.3) is 0 Å². The number of benzene rings is 2. The summed E-state index contributed by atoms with van der Waals surface area (Å²) in [5.41, 5.74) is 3.00. The van der Waals surface area contributed by atoms with E-state index in [-0.39, 0.29) is 49.2 Å². The number of aliphatic hydroxyl groups excluding tert-OH is 4. The standard InChI is InChI=1S/C21H26O7/c1-27-18-6-12(3-2-4-22)5-16-17(11-25)20(28-21(16)18)13-7-14(9-23)19(26)15(8-13)10-24/h5-8,17,20,22-26H,2-4,9-11H2,1H3/t17?,20-/m1/s1. The van der Waals surface area contributed by atoms with Crippen molar-refractivity contribution in [3.63, 3.8) is 0 Å². The largest absolute Gasteiger partial charge is 0.507 e. The van der Waals surface area contributed by atoms with Gasteiger partial charge in [0, 0.05) is 23.3 Å². The Morgan fingerprint density at radius 2 is 1.68 bits per heavy atom. The average Bonchev–Trinajstić information content (AvgIpc) is 3.10. The molecule has 0 saturated heterocycles. The first kappa shape index (κ1) is 20.4. The maximum Gasteiger partial charge on any atom is 0.165 e. The van der Waals surface area contributed by atoms with Crippen LogP contribution >= 0.6 is 0 Å². The van der Waals surface area contributed by atoms with Crippen LogP contribution in [-0.4, -0.2) is 45.9 Å². The topological polar surface area (TPSA) is 120 Å². The molecule has 1 aliphatic rings. The summed E-state index contributed by atoms with van der Waals surface area (Å²) in [4.78, 5) is 0. The van der Waals surface area contributed by atoms with Crippen LogP contribution in [0.2, 0.25) is 0 Å². The van der Waals surface area contributed by atoms with E-state index in [9.17, 15) is 20.4 Å². The molecule has 1 unspecified atom stereocenters. The van der Waals surface area contributed by atoms with Crippen molar-refractivity contribution in [2.45, 2.75) is 38.1 Å². The quantitative estimate of drug-likeness (QED) is 0.464. The van der Waals surface area contributed by atoms with Crippen molar-refractivity contribution in [3.8, 4) is 17.2 Å². The normalized spacial score (nSPS) is 18.0. The molecule has 3 rings (SSSR count). The zero-order valence-electron chi connectivity index (χ0n) is 15.8. The van der Waals surface area contributed by atoms with Crippen LogP contribution in [0.3, 0.4) is 0 Å². The van der Waals surface area contributed by atoms with E-state index < -0.39 is 6.10 Å². The van der Waals surface area contributed by atoms with Crippen LogP contribution in [0.15, 0.2) is 24.3 Å². The van der Waals surface area contributed by atoms with Crippen LogP contribution in [-0.2, 0) is 19.6 Å². The Morgan fingerprint density at radius 1 is 1.00 bits per heavy atom. The van der Waals surface area contributed by atoms with Crippen molar-refractivity contribution in [2.75, 3.05) is 20.3 Å². The third kappa shape index (κ3) is 3.66. The van der Waals surface area contributed by atoms with Crippen molar-refractivity contribution in [3.05, 3.63) is 52.1 Å². The number of hydrogen-bond acceptors (Lipinski definition) is 7. The van der Waals surface area contributed by atoms with E-state index in [4.69, 9.17) is 14.6 Å². The number of phenols is 1. The van der Waals surface area contributed by atoms with Crippen LogP contribution < -0.4 is 9.47 Å². The van der Waals surface area contributed by atoms with E-state index in [1.54, 1.807) is 19.2 Å². The second-order valence-electron chi connectivity index (χ2n) is 6.88. The van der Waals surface area contributed by atoms with Crippen molar-refractivity contribution in [1.82, 2.24) is 0 Å². The van der Waals surface area contributed by atoms with Gasteiger partial charge in [0.2, 0.25) is 0 Å². The molecule has 0 saturated carbocycles. The van der Waals surface area contributed by atoms with Crippen LogP contribution in [0.4, 0.5) is 0 Å². The lowest BCUT2D eigenvalue weighted by Crippen LogP contribution is -2.14. The zero-order valence-corrected chi connectivity index (χ0v) is 15.8. The molecule has 0 amide bonds. The lowest BCUT2D eigenvalue weighted by Gasteiger charge is -2.20. The third-order valence-electron chi connectivity index (χ3n) is 5.15. The molecule has 0 radical (unpaired) electrons. The number of aromatic hydroxyl groups is 1. The average molecular weight is 390 g/mol. The molecule has 0 fully saturated rings. The Labute approximate surface area is 163 Å².